The van der Waals surface area contributed by atoms with Crippen LogP contribution in [0.4, 0.5) is 16.2 Å². The van der Waals surface area contributed by atoms with Gasteiger partial charge in [0.25, 0.3) is 0 Å². The third kappa shape index (κ3) is 4.52. The van der Waals surface area contributed by atoms with Crippen LogP contribution in [0.25, 0.3) is 0 Å². The van der Waals surface area contributed by atoms with Crippen molar-refractivity contribution in [1.82, 2.24) is 0 Å². The lowest BCUT2D eigenvalue weighted by Gasteiger charge is -2.09. The fourth-order valence-corrected chi connectivity index (χ4v) is 1.77. The Morgan fingerprint density at radius 1 is 1.19 bits per heavy atom. The van der Waals surface area contributed by atoms with Gasteiger partial charge in [-0.1, -0.05) is 30.3 Å². The highest BCUT2D eigenvalue weighted by Crippen LogP contribution is 2.11. The van der Waals surface area contributed by atoms with Gasteiger partial charge in [0.15, 0.2) is 0 Å². The van der Waals surface area contributed by atoms with Gasteiger partial charge in [0.2, 0.25) is 0 Å². The quantitative estimate of drug-likeness (QED) is 0.489. The Labute approximate surface area is 122 Å². The summed E-state index contributed by atoms with van der Waals surface area (Å²) in [6.07, 6.45) is -0.650. The highest BCUT2D eigenvalue weighted by atomic mass is 16.5. The lowest BCUT2D eigenvalue weighted by atomic mass is 9.80. The zero-order valence-corrected chi connectivity index (χ0v) is 11.2. The summed E-state index contributed by atoms with van der Waals surface area (Å²) in [5, 5.41) is 20.7. The minimum absolute atomic E-state index is 0.143. The molecule has 0 saturated carbocycles. The van der Waals surface area contributed by atoms with E-state index in [4.69, 9.17) is 20.5 Å². The Kier molecular flexibility index (Phi) is 4.81. The highest BCUT2D eigenvalue weighted by molar-refractivity contribution is 6.58. The first-order chi connectivity index (χ1) is 10.0. The predicted octanol–water partition coefficient (Wildman–Crippen LogP) is 0.697. The summed E-state index contributed by atoms with van der Waals surface area (Å²) >= 11 is 0. The van der Waals surface area contributed by atoms with Gasteiger partial charge in [-0.05, 0) is 29.2 Å². The van der Waals surface area contributed by atoms with Crippen LogP contribution in [0, 0.1) is 0 Å². The molecular weight excluding hydrogens is 271 g/mol. The molecule has 0 aromatic heterocycles. The molecule has 0 heterocycles. The van der Waals surface area contributed by atoms with Crippen molar-refractivity contribution in [1.29, 1.82) is 0 Å². The Bertz CT molecular complexity index is 620. The largest absolute Gasteiger partial charge is 0.488 e. The molecule has 2 aromatic rings. The molecule has 0 aliphatic rings. The Hall–Kier alpha value is -2.51. The second kappa shape index (κ2) is 6.78. The van der Waals surface area contributed by atoms with Crippen LogP contribution in [0.2, 0.25) is 0 Å². The number of carbonyl (C=O) groups is 1. The minimum atomic E-state index is -1.66. The van der Waals surface area contributed by atoms with E-state index in [0.29, 0.717) is 11.4 Å². The lowest BCUT2D eigenvalue weighted by molar-refractivity contribution is 0.155. The van der Waals surface area contributed by atoms with Gasteiger partial charge < -0.3 is 20.5 Å². The van der Waals surface area contributed by atoms with Gasteiger partial charge in [-0.25, -0.2) is 4.79 Å². The van der Waals surface area contributed by atoms with E-state index >= 15 is 0 Å². The SMILES string of the molecule is Nc1cc(NC(=O)OCc2ccccc2)cc(B(O)O)c1. The average Bonchev–Trinajstić information content (AvgIpc) is 2.45. The van der Waals surface area contributed by atoms with Crippen LogP contribution in [0.5, 0.6) is 0 Å². The molecule has 0 fully saturated rings. The molecule has 2 aromatic carbocycles. The maximum absolute atomic E-state index is 11.7. The number of anilines is 2. The summed E-state index contributed by atoms with van der Waals surface area (Å²) in [5.41, 5.74) is 7.31. The van der Waals surface area contributed by atoms with E-state index in [1.807, 2.05) is 30.3 Å². The summed E-state index contributed by atoms with van der Waals surface area (Å²) in [6.45, 7) is 0.143. The van der Waals surface area contributed by atoms with Crippen LogP contribution >= 0.6 is 0 Å². The number of benzene rings is 2. The maximum atomic E-state index is 11.7. The third-order valence-electron chi connectivity index (χ3n) is 2.73. The zero-order chi connectivity index (χ0) is 15.2. The molecule has 0 aliphatic carbocycles. The number of hydrogen-bond acceptors (Lipinski definition) is 5. The van der Waals surface area contributed by atoms with Gasteiger partial charge in [0.1, 0.15) is 6.61 Å². The van der Waals surface area contributed by atoms with Crippen LogP contribution in [0.15, 0.2) is 48.5 Å². The summed E-state index contributed by atoms with van der Waals surface area (Å²) in [4.78, 5) is 11.7. The van der Waals surface area contributed by atoms with E-state index in [2.05, 4.69) is 5.32 Å². The van der Waals surface area contributed by atoms with Crippen LogP contribution in [0.1, 0.15) is 5.56 Å². The van der Waals surface area contributed by atoms with Gasteiger partial charge in [-0.2, -0.15) is 0 Å². The van der Waals surface area contributed by atoms with E-state index in [9.17, 15) is 4.79 Å². The van der Waals surface area contributed by atoms with Crippen LogP contribution in [-0.2, 0) is 11.3 Å². The monoisotopic (exact) mass is 286 g/mol. The van der Waals surface area contributed by atoms with Crippen molar-refractivity contribution in [2.45, 2.75) is 6.61 Å². The number of nitrogen functional groups attached to an aromatic ring is 1. The van der Waals surface area contributed by atoms with Crippen molar-refractivity contribution in [3.63, 3.8) is 0 Å². The molecule has 5 N–H and O–H groups in total. The molecule has 0 aliphatic heterocycles. The molecule has 0 unspecified atom stereocenters. The van der Waals surface area contributed by atoms with Gasteiger partial charge in [0.05, 0.1) is 0 Å². The number of nitrogens with two attached hydrogens (primary N) is 1. The standard InChI is InChI=1S/C14H15BN2O4/c16-12-6-11(15(19)20)7-13(8-12)17-14(18)21-9-10-4-2-1-3-5-10/h1-8,19-20H,9,16H2,(H,17,18). The Morgan fingerprint density at radius 2 is 1.90 bits per heavy atom. The second-order valence-electron chi connectivity index (χ2n) is 4.45. The van der Waals surface area contributed by atoms with Gasteiger partial charge >= 0.3 is 13.2 Å². The van der Waals surface area contributed by atoms with E-state index in [1.54, 1.807) is 0 Å². The van der Waals surface area contributed by atoms with E-state index in [0.717, 1.165) is 5.56 Å². The summed E-state index contributed by atoms with van der Waals surface area (Å²) in [5.74, 6) is 0. The predicted molar refractivity (Wildman–Crippen MR) is 80.9 cm³/mol. The molecular formula is C14H15BN2O4. The van der Waals surface area contributed by atoms with Crippen LogP contribution in [-0.4, -0.2) is 23.3 Å². The van der Waals surface area contributed by atoms with Crippen molar-refractivity contribution in [3.05, 3.63) is 54.1 Å². The molecule has 0 spiro atoms. The Balaban J connectivity index is 1.96. The lowest BCUT2D eigenvalue weighted by Crippen LogP contribution is -2.30. The van der Waals surface area contributed by atoms with Crippen molar-refractivity contribution in [2.75, 3.05) is 11.1 Å². The normalized spacial score (nSPS) is 10.0. The van der Waals surface area contributed by atoms with Crippen molar-refractivity contribution >= 4 is 30.0 Å². The summed E-state index contributed by atoms with van der Waals surface area (Å²) < 4.78 is 5.06. The number of amides is 1. The van der Waals surface area contributed by atoms with Crippen molar-refractivity contribution in [2.24, 2.45) is 0 Å². The maximum Gasteiger partial charge on any atom is 0.488 e. The molecule has 2 rings (SSSR count). The molecule has 0 bridgehead atoms. The summed E-state index contributed by atoms with van der Waals surface area (Å²) in [6, 6.07) is 13.6. The zero-order valence-electron chi connectivity index (χ0n) is 11.2. The number of ether oxygens (including phenoxy) is 1. The molecule has 0 saturated heterocycles. The molecule has 0 atom stereocenters. The van der Waals surface area contributed by atoms with Crippen molar-refractivity contribution < 1.29 is 19.6 Å². The average molecular weight is 286 g/mol. The van der Waals surface area contributed by atoms with Gasteiger partial charge in [-0.3, -0.25) is 5.32 Å². The third-order valence-corrected chi connectivity index (χ3v) is 2.73. The van der Waals surface area contributed by atoms with E-state index in [1.165, 1.54) is 18.2 Å². The number of rotatable bonds is 4. The topological polar surface area (TPSA) is 105 Å². The van der Waals surface area contributed by atoms with Gasteiger partial charge in [0, 0.05) is 11.4 Å². The fraction of sp³-hybridized carbons (Fsp3) is 0.0714. The molecule has 21 heavy (non-hydrogen) atoms. The van der Waals surface area contributed by atoms with Crippen LogP contribution < -0.4 is 16.5 Å². The first-order valence-electron chi connectivity index (χ1n) is 6.29. The molecule has 0 radical (unpaired) electrons. The van der Waals surface area contributed by atoms with Crippen LogP contribution in [0.3, 0.4) is 0 Å². The first kappa shape index (κ1) is 14.9. The van der Waals surface area contributed by atoms with E-state index in [-0.39, 0.29) is 12.1 Å². The first-order valence-corrected chi connectivity index (χ1v) is 6.29. The van der Waals surface area contributed by atoms with E-state index < -0.39 is 13.2 Å². The molecule has 7 heteroatoms. The highest BCUT2D eigenvalue weighted by Gasteiger charge is 2.13. The number of nitrogens with one attached hydrogen (secondary N) is 1. The number of carbonyl (C=O) groups excluding carboxylic acids is 1. The molecule has 6 nitrogen and oxygen atoms in total. The van der Waals surface area contributed by atoms with Crippen molar-refractivity contribution in [3.8, 4) is 0 Å². The molecule has 108 valence electrons. The Morgan fingerprint density at radius 3 is 2.57 bits per heavy atom. The summed E-state index contributed by atoms with van der Waals surface area (Å²) in [7, 11) is -1.66. The number of hydrogen-bond donors (Lipinski definition) is 4. The second-order valence-corrected chi connectivity index (χ2v) is 4.45. The smallest absolute Gasteiger partial charge is 0.444 e. The minimum Gasteiger partial charge on any atom is -0.444 e. The molecule has 1 amide bonds. The van der Waals surface area contributed by atoms with Gasteiger partial charge in [-0.15, -0.1) is 0 Å². The fourth-order valence-electron chi connectivity index (χ4n) is 1.77.